The Kier molecular flexibility index (Phi) is 4.39. The van der Waals surface area contributed by atoms with Gasteiger partial charge in [-0.2, -0.15) is 0 Å². The fraction of sp³-hybridized carbons (Fsp3) is 0.222. The lowest BCUT2D eigenvalue weighted by Gasteiger charge is -2.21. The Balaban J connectivity index is 2.17. The van der Waals surface area contributed by atoms with E-state index in [1.165, 1.54) is 24.9 Å². The standard InChI is InChI=1S/C18H16O4S/c1-22-18(21)17-12-8-5-9-13(19)16(12)14(20)10-15(17)23-11-6-3-2-4-7-11/h2-4,6-7,10,20H,5,8-9H2,1H3. The molecule has 0 spiro atoms. The van der Waals surface area contributed by atoms with Crippen LogP contribution in [0.4, 0.5) is 0 Å². The van der Waals surface area contributed by atoms with Crippen molar-refractivity contribution in [2.24, 2.45) is 0 Å². The molecule has 0 radical (unpaired) electrons. The van der Waals surface area contributed by atoms with E-state index in [2.05, 4.69) is 0 Å². The number of ether oxygens (including phenoxy) is 1. The molecule has 0 saturated heterocycles. The van der Waals surface area contributed by atoms with E-state index in [-0.39, 0.29) is 17.1 Å². The van der Waals surface area contributed by atoms with Crippen LogP contribution in [0.15, 0.2) is 46.2 Å². The zero-order valence-corrected chi connectivity index (χ0v) is 13.5. The normalized spacial score (nSPS) is 13.5. The summed E-state index contributed by atoms with van der Waals surface area (Å²) in [5.74, 6) is -0.657. The van der Waals surface area contributed by atoms with Gasteiger partial charge in [-0.05, 0) is 36.6 Å². The monoisotopic (exact) mass is 328 g/mol. The Morgan fingerprint density at radius 1 is 1.22 bits per heavy atom. The number of ketones is 1. The molecule has 2 aromatic carbocycles. The molecule has 5 heteroatoms. The maximum absolute atomic E-state index is 12.3. The Morgan fingerprint density at radius 3 is 2.65 bits per heavy atom. The number of aromatic hydroxyl groups is 1. The molecule has 118 valence electrons. The quantitative estimate of drug-likeness (QED) is 0.867. The summed E-state index contributed by atoms with van der Waals surface area (Å²) in [6.07, 6.45) is 1.66. The van der Waals surface area contributed by atoms with E-state index in [9.17, 15) is 14.7 Å². The lowest BCUT2D eigenvalue weighted by Crippen LogP contribution is -2.17. The molecule has 0 unspecified atom stereocenters. The minimum absolute atomic E-state index is 0.0595. The van der Waals surface area contributed by atoms with Crippen molar-refractivity contribution in [3.8, 4) is 5.75 Å². The van der Waals surface area contributed by atoms with Gasteiger partial charge in [-0.25, -0.2) is 4.79 Å². The van der Waals surface area contributed by atoms with Gasteiger partial charge in [0.25, 0.3) is 0 Å². The van der Waals surface area contributed by atoms with Crippen LogP contribution in [0.5, 0.6) is 5.75 Å². The van der Waals surface area contributed by atoms with Gasteiger partial charge in [-0.3, -0.25) is 4.79 Å². The second kappa shape index (κ2) is 6.46. The lowest BCUT2D eigenvalue weighted by atomic mass is 9.86. The molecule has 23 heavy (non-hydrogen) atoms. The Labute approximate surface area is 138 Å². The van der Waals surface area contributed by atoms with E-state index < -0.39 is 5.97 Å². The van der Waals surface area contributed by atoms with Gasteiger partial charge >= 0.3 is 5.97 Å². The zero-order valence-electron chi connectivity index (χ0n) is 12.7. The average Bonchev–Trinajstić information content (AvgIpc) is 2.55. The minimum Gasteiger partial charge on any atom is -0.507 e. The van der Waals surface area contributed by atoms with Gasteiger partial charge in [0, 0.05) is 16.2 Å². The number of benzene rings is 2. The van der Waals surface area contributed by atoms with E-state index in [0.717, 1.165) is 4.90 Å². The van der Waals surface area contributed by atoms with Crippen LogP contribution < -0.4 is 0 Å². The largest absolute Gasteiger partial charge is 0.507 e. The van der Waals surface area contributed by atoms with Gasteiger partial charge in [0.15, 0.2) is 5.78 Å². The van der Waals surface area contributed by atoms with E-state index in [0.29, 0.717) is 35.3 Å². The summed E-state index contributed by atoms with van der Waals surface area (Å²) < 4.78 is 4.91. The number of esters is 1. The van der Waals surface area contributed by atoms with Crippen LogP contribution in [0.2, 0.25) is 0 Å². The molecule has 1 N–H and O–H groups in total. The molecule has 1 aliphatic carbocycles. The van der Waals surface area contributed by atoms with E-state index >= 15 is 0 Å². The summed E-state index contributed by atoms with van der Waals surface area (Å²) in [4.78, 5) is 26.0. The number of fused-ring (bicyclic) bond motifs is 1. The summed E-state index contributed by atoms with van der Waals surface area (Å²) >= 11 is 1.37. The minimum atomic E-state index is -0.477. The average molecular weight is 328 g/mol. The first-order chi connectivity index (χ1) is 11.1. The predicted octanol–water partition coefficient (Wildman–Crippen LogP) is 3.85. The number of carbonyl (C=O) groups is 2. The highest BCUT2D eigenvalue weighted by Gasteiger charge is 2.29. The van der Waals surface area contributed by atoms with Crippen molar-refractivity contribution < 1.29 is 19.4 Å². The number of hydrogen-bond donors (Lipinski definition) is 1. The van der Waals surface area contributed by atoms with Crippen molar-refractivity contribution in [1.82, 2.24) is 0 Å². The van der Waals surface area contributed by atoms with Crippen LogP contribution >= 0.6 is 11.8 Å². The number of Topliss-reactive ketones (excluding diaryl/α,β-unsaturated/α-hetero) is 1. The molecular formula is C18H16O4S. The van der Waals surface area contributed by atoms with Crippen molar-refractivity contribution in [3.63, 3.8) is 0 Å². The van der Waals surface area contributed by atoms with Crippen LogP contribution in [-0.2, 0) is 11.2 Å². The Bertz CT molecular complexity index is 768. The highest BCUT2D eigenvalue weighted by molar-refractivity contribution is 7.99. The van der Waals surface area contributed by atoms with Crippen LogP contribution in [0.3, 0.4) is 0 Å². The van der Waals surface area contributed by atoms with Gasteiger partial charge in [0.2, 0.25) is 0 Å². The molecule has 0 aliphatic heterocycles. The Hall–Kier alpha value is -2.27. The molecule has 0 bridgehead atoms. The van der Waals surface area contributed by atoms with Crippen molar-refractivity contribution in [2.45, 2.75) is 29.1 Å². The summed E-state index contributed by atoms with van der Waals surface area (Å²) in [5, 5.41) is 10.3. The lowest BCUT2D eigenvalue weighted by molar-refractivity contribution is 0.0595. The van der Waals surface area contributed by atoms with Crippen molar-refractivity contribution in [3.05, 3.63) is 53.1 Å². The third kappa shape index (κ3) is 2.97. The van der Waals surface area contributed by atoms with E-state index in [1.807, 2.05) is 30.3 Å². The Morgan fingerprint density at radius 2 is 1.96 bits per heavy atom. The fourth-order valence-electron chi connectivity index (χ4n) is 2.83. The first-order valence-electron chi connectivity index (χ1n) is 7.35. The second-order valence-electron chi connectivity index (χ2n) is 5.31. The van der Waals surface area contributed by atoms with Crippen LogP contribution in [0, 0.1) is 0 Å². The third-order valence-corrected chi connectivity index (χ3v) is 4.89. The summed E-state index contributed by atoms with van der Waals surface area (Å²) in [6, 6.07) is 11.1. The van der Waals surface area contributed by atoms with Crippen LogP contribution in [-0.4, -0.2) is 24.0 Å². The molecular weight excluding hydrogens is 312 g/mol. The van der Waals surface area contributed by atoms with Gasteiger partial charge < -0.3 is 9.84 Å². The maximum atomic E-state index is 12.3. The molecule has 0 fully saturated rings. The predicted molar refractivity (Wildman–Crippen MR) is 87.3 cm³/mol. The SMILES string of the molecule is COC(=O)c1c(Sc2ccccc2)cc(O)c2c1CCCC2=O. The maximum Gasteiger partial charge on any atom is 0.339 e. The van der Waals surface area contributed by atoms with Crippen molar-refractivity contribution >= 4 is 23.5 Å². The number of methoxy groups -OCH3 is 1. The summed E-state index contributed by atoms with van der Waals surface area (Å²) in [6.45, 7) is 0. The molecule has 4 nitrogen and oxygen atoms in total. The number of hydrogen-bond acceptors (Lipinski definition) is 5. The highest BCUT2D eigenvalue weighted by Crippen LogP contribution is 2.40. The molecule has 3 rings (SSSR count). The van der Waals surface area contributed by atoms with Gasteiger partial charge in [-0.1, -0.05) is 30.0 Å². The van der Waals surface area contributed by atoms with E-state index in [1.54, 1.807) is 0 Å². The van der Waals surface area contributed by atoms with Crippen molar-refractivity contribution in [1.29, 1.82) is 0 Å². The molecule has 2 aromatic rings. The number of carbonyl (C=O) groups excluding carboxylic acids is 2. The summed E-state index contributed by atoms with van der Waals surface area (Å²) in [5.41, 5.74) is 1.27. The molecule has 1 aliphatic rings. The third-order valence-electron chi connectivity index (χ3n) is 3.84. The molecule has 0 amide bonds. The second-order valence-corrected chi connectivity index (χ2v) is 6.42. The first-order valence-corrected chi connectivity index (χ1v) is 8.16. The summed E-state index contributed by atoms with van der Waals surface area (Å²) in [7, 11) is 1.32. The molecule has 0 heterocycles. The van der Waals surface area contributed by atoms with Gasteiger partial charge in [0.1, 0.15) is 5.75 Å². The molecule has 0 saturated carbocycles. The fourth-order valence-corrected chi connectivity index (χ4v) is 3.86. The number of phenolic OH excluding ortho intramolecular Hbond substituents is 1. The highest BCUT2D eigenvalue weighted by atomic mass is 32.2. The smallest absolute Gasteiger partial charge is 0.339 e. The van der Waals surface area contributed by atoms with Crippen molar-refractivity contribution in [2.75, 3.05) is 7.11 Å². The van der Waals surface area contributed by atoms with Gasteiger partial charge in [0.05, 0.1) is 18.2 Å². The number of rotatable bonds is 3. The first kappa shape index (κ1) is 15.6. The van der Waals surface area contributed by atoms with Crippen LogP contribution in [0.1, 0.15) is 39.1 Å². The molecule has 0 aromatic heterocycles. The van der Waals surface area contributed by atoms with Crippen LogP contribution in [0.25, 0.3) is 0 Å². The van der Waals surface area contributed by atoms with E-state index in [4.69, 9.17) is 4.74 Å². The van der Waals surface area contributed by atoms with Gasteiger partial charge in [-0.15, -0.1) is 0 Å². The molecule has 0 atom stereocenters. The topological polar surface area (TPSA) is 63.6 Å². The number of phenols is 1. The zero-order chi connectivity index (χ0) is 16.4.